The fraction of sp³-hybridized carbons (Fsp3) is 0.0588. The van der Waals surface area contributed by atoms with Crippen molar-refractivity contribution in [3.8, 4) is 0 Å². The van der Waals surface area contributed by atoms with Crippen molar-refractivity contribution in [2.75, 3.05) is 5.73 Å². The molecular formula is C17H15N3O6S2. The number of nitrogens with zero attached hydrogens (tertiary/aromatic N) is 2. The van der Waals surface area contributed by atoms with Gasteiger partial charge in [0, 0.05) is 11.1 Å². The molecule has 0 saturated carbocycles. The largest absolute Gasteiger partial charge is 0.399 e. The minimum absolute atomic E-state index is 0.0281. The molecule has 3 aromatic rings. The van der Waals surface area contributed by atoms with E-state index < -0.39 is 30.0 Å². The van der Waals surface area contributed by atoms with Crippen LogP contribution < -0.4 is 5.73 Å². The summed E-state index contributed by atoms with van der Waals surface area (Å²) in [6, 6.07) is 11.1. The SMILES string of the molecule is Cc1cc(N)ccc1N=Nc1ccc2cc(S(=O)(=O)O)cc(S(=O)(=O)O)c2c1. The van der Waals surface area contributed by atoms with E-state index in [1.54, 1.807) is 25.1 Å². The van der Waals surface area contributed by atoms with Gasteiger partial charge in [0.1, 0.15) is 4.90 Å². The first-order chi connectivity index (χ1) is 12.9. The number of hydrogen-bond donors (Lipinski definition) is 3. The van der Waals surface area contributed by atoms with E-state index in [9.17, 15) is 25.9 Å². The summed E-state index contributed by atoms with van der Waals surface area (Å²) in [6.45, 7) is 1.80. The maximum absolute atomic E-state index is 11.7. The van der Waals surface area contributed by atoms with Crippen LogP contribution in [-0.4, -0.2) is 25.9 Å². The zero-order chi connectivity index (χ0) is 20.7. The molecule has 28 heavy (non-hydrogen) atoms. The van der Waals surface area contributed by atoms with E-state index >= 15 is 0 Å². The molecule has 0 unspecified atom stereocenters. The molecule has 0 radical (unpaired) electrons. The van der Waals surface area contributed by atoms with Gasteiger partial charge in [-0.25, -0.2) is 0 Å². The van der Waals surface area contributed by atoms with Gasteiger partial charge in [-0.2, -0.15) is 27.1 Å². The van der Waals surface area contributed by atoms with Crippen molar-refractivity contribution in [1.29, 1.82) is 0 Å². The van der Waals surface area contributed by atoms with Gasteiger partial charge in [0.25, 0.3) is 20.2 Å². The average molecular weight is 421 g/mol. The van der Waals surface area contributed by atoms with Gasteiger partial charge >= 0.3 is 0 Å². The van der Waals surface area contributed by atoms with Gasteiger partial charge in [-0.05, 0) is 60.3 Å². The van der Waals surface area contributed by atoms with Gasteiger partial charge in [0.15, 0.2) is 0 Å². The molecule has 0 aliphatic heterocycles. The lowest BCUT2D eigenvalue weighted by atomic mass is 10.1. The molecule has 3 rings (SSSR count). The summed E-state index contributed by atoms with van der Waals surface area (Å²) >= 11 is 0. The number of benzene rings is 3. The van der Waals surface area contributed by atoms with Crippen LogP contribution >= 0.6 is 0 Å². The maximum Gasteiger partial charge on any atom is 0.295 e. The molecule has 0 bridgehead atoms. The van der Waals surface area contributed by atoms with Crippen LogP contribution in [0.25, 0.3) is 10.8 Å². The summed E-state index contributed by atoms with van der Waals surface area (Å²) in [7, 11) is -9.44. The van der Waals surface area contributed by atoms with E-state index in [2.05, 4.69) is 10.2 Å². The Morgan fingerprint density at radius 3 is 2.18 bits per heavy atom. The van der Waals surface area contributed by atoms with Crippen LogP contribution in [0.15, 0.2) is 68.6 Å². The summed E-state index contributed by atoms with van der Waals surface area (Å²) in [5.74, 6) is 0. The molecule has 0 heterocycles. The van der Waals surface area contributed by atoms with Gasteiger partial charge in [0.05, 0.1) is 16.3 Å². The third kappa shape index (κ3) is 4.17. The number of nitrogen functional groups attached to an aromatic ring is 1. The van der Waals surface area contributed by atoms with E-state index in [-0.39, 0.29) is 16.5 Å². The Bertz CT molecular complexity index is 1330. The standard InChI is InChI=1S/C17H15N3O6S2/c1-10-6-12(18)3-5-16(10)20-19-13-4-2-11-7-14(27(21,22)23)9-17(15(11)8-13)28(24,25)26/h2-9H,18H2,1H3,(H,21,22,23)(H,24,25,26). The summed E-state index contributed by atoms with van der Waals surface area (Å²) < 4.78 is 64.8. The quantitative estimate of drug-likeness (QED) is 0.329. The van der Waals surface area contributed by atoms with Crippen molar-refractivity contribution >= 4 is 48.1 Å². The highest BCUT2D eigenvalue weighted by Crippen LogP contribution is 2.31. The van der Waals surface area contributed by atoms with Crippen molar-refractivity contribution in [3.05, 3.63) is 54.1 Å². The summed E-state index contributed by atoms with van der Waals surface area (Å²) in [5.41, 5.74) is 7.89. The Morgan fingerprint density at radius 1 is 0.857 bits per heavy atom. The van der Waals surface area contributed by atoms with Crippen molar-refractivity contribution < 1.29 is 25.9 Å². The molecule has 3 aromatic carbocycles. The Morgan fingerprint density at radius 2 is 1.57 bits per heavy atom. The van der Waals surface area contributed by atoms with E-state index in [1.807, 2.05) is 0 Å². The first kappa shape index (κ1) is 19.9. The molecule has 0 aliphatic rings. The molecule has 0 fully saturated rings. The van der Waals surface area contributed by atoms with Gasteiger partial charge in [-0.1, -0.05) is 6.07 Å². The van der Waals surface area contributed by atoms with Crippen LogP contribution in [-0.2, 0) is 20.2 Å². The first-order valence-electron chi connectivity index (χ1n) is 7.76. The van der Waals surface area contributed by atoms with Crippen LogP contribution in [0.2, 0.25) is 0 Å². The molecule has 0 amide bonds. The third-order valence-electron chi connectivity index (χ3n) is 3.94. The predicted octanol–water partition coefficient (Wildman–Crippen LogP) is 3.64. The Labute approximate surface area is 161 Å². The monoisotopic (exact) mass is 421 g/mol. The fourth-order valence-electron chi connectivity index (χ4n) is 2.61. The Hall–Kier alpha value is -2.86. The highest BCUT2D eigenvalue weighted by atomic mass is 32.2. The van der Waals surface area contributed by atoms with Gasteiger partial charge in [-0.15, -0.1) is 0 Å². The van der Waals surface area contributed by atoms with Crippen LogP contribution in [0.4, 0.5) is 17.1 Å². The zero-order valence-electron chi connectivity index (χ0n) is 14.4. The molecular weight excluding hydrogens is 406 g/mol. The maximum atomic E-state index is 11.7. The van der Waals surface area contributed by atoms with E-state index in [0.29, 0.717) is 17.4 Å². The molecule has 9 nitrogen and oxygen atoms in total. The Balaban J connectivity index is 2.16. The first-order valence-corrected chi connectivity index (χ1v) is 10.6. The summed E-state index contributed by atoms with van der Waals surface area (Å²) in [4.78, 5) is -1.32. The minimum atomic E-state index is -4.77. The topological polar surface area (TPSA) is 159 Å². The number of azo groups is 1. The van der Waals surface area contributed by atoms with E-state index in [1.165, 1.54) is 18.2 Å². The van der Waals surface area contributed by atoms with E-state index in [0.717, 1.165) is 11.6 Å². The molecule has 0 aliphatic carbocycles. The molecule has 146 valence electrons. The molecule has 0 aromatic heterocycles. The molecule has 11 heteroatoms. The third-order valence-corrected chi connectivity index (χ3v) is 5.67. The molecule has 0 atom stereocenters. The number of anilines is 1. The number of fused-ring (bicyclic) bond motifs is 1. The second-order valence-electron chi connectivity index (χ2n) is 6.02. The number of hydrogen-bond acceptors (Lipinski definition) is 7. The van der Waals surface area contributed by atoms with Crippen molar-refractivity contribution in [3.63, 3.8) is 0 Å². The Kier molecular flexibility index (Phi) is 4.93. The highest BCUT2D eigenvalue weighted by molar-refractivity contribution is 7.86. The normalized spacial score (nSPS) is 12.7. The van der Waals surface area contributed by atoms with Crippen LogP contribution in [0, 0.1) is 6.92 Å². The van der Waals surface area contributed by atoms with Crippen molar-refractivity contribution in [2.24, 2.45) is 10.2 Å². The second-order valence-corrected chi connectivity index (χ2v) is 8.83. The van der Waals surface area contributed by atoms with Gasteiger partial charge in [-0.3, -0.25) is 9.11 Å². The minimum Gasteiger partial charge on any atom is -0.399 e. The zero-order valence-corrected chi connectivity index (χ0v) is 16.1. The van der Waals surface area contributed by atoms with Gasteiger partial charge in [0.2, 0.25) is 0 Å². The fourth-order valence-corrected chi connectivity index (χ4v) is 3.96. The molecule has 4 N–H and O–H groups in total. The summed E-state index contributed by atoms with van der Waals surface area (Å²) in [5, 5.41) is 8.35. The van der Waals surface area contributed by atoms with Gasteiger partial charge < -0.3 is 5.73 Å². The van der Waals surface area contributed by atoms with Crippen molar-refractivity contribution in [2.45, 2.75) is 16.7 Å². The lowest BCUT2D eigenvalue weighted by molar-refractivity contribution is 0.482. The predicted molar refractivity (Wildman–Crippen MR) is 103 cm³/mol. The van der Waals surface area contributed by atoms with Crippen molar-refractivity contribution in [1.82, 2.24) is 0 Å². The van der Waals surface area contributed by atoms with E-state index in [4.69, 9.17) is 5.73 Å². The van der Waals surface area contributed by atoms with Crippen LogP contribution in [0.1, 0.15) is 5.56 Å². The average Bonchev–Trinajstić information content (AvgIpc) is 2.58. The van der Waals surface area contributed by atoms with Crippen LogP contribution in [0.3, 0.4) is 0 Å². The number of aryl methyl sites for hydroxylation is 1. The number of rotatable bonds is 4. The smallest absolute Gasteiger partial charge is 0.295 e. The second kappa shape index (κ2) is 6.95. The number of nitrogens with two attached hydrogens (primary N) is 1. The lowest BCUT2D eigenvalue weighted by Crippen LogP contribution is -2.04. The summed E-state index contributed by atoms with van der Waals surface area (Å²) in [6.07, 6.45) is 0. The van der Waals surface area contributed by atoms with Crippen LogP contribution in [0.5, 0.6) is 0 Å². The highest BCUT2D eigenvalue weighted by Gasteiger charge is 2.20. The molecule has 0 spiro atoms. The molecule has 0 saturated heterocycles. The lowest BCUT2D eigenvalue weighted by Gasteiger charge is -2.07.